The van der Waals surface area contributed by atoms with Gasteiger partial charge in [-0.3, -0.25) is 14.6 Å². The zero-order valence-corrected chi connectivity index (χ0v) is 20.2. The number of carbonyl (C=O) groups excluding carboxylic acids is 2. The lowest BCUT2D eigenvalue weighted by Gasteiger charge is -2.11. The maximum absolute atomic E-state index is 13.1. The van der Waals surface area contributed by atoms with Crippen molar-refractivity contribution in [1.82, 2.24) is 19.9 Å². The first-order valence-electron chi connectivity index (χ1n) is 10.5. The van der Waals surface area contributed by atoms with Crippen molar-refractivity contribution >= 4 is 40.3 Å². The van der Waals surface area contributed by atoms with E-state index in [0.29, 0.717) is 10.7 Å². The van der Waals surface area contributed by atoms with Crippen molar-refractivity contribution in [3.05, 3.63) is 87.5 Å². The minimum atomic E-state index is -4.65. The molecule has 1 amide bonds. The van der Waals surface area contributed by atoms with Gasteiger partial charge >= 0.3 is 6.18 Å². The van der Waals surface area contributed by atoms with Gasteiger partial charge in [0.1, 0.15) is 16.9 Å². The molecule has 0 saturated heterocycles. The number of thiazole rings is 1. The molecule has 0 bridgehead atoms. The highest BCUT2D eigenvalue weighted by Crippen LogP contribution is 2.36. The van der Waals surface area contributed by atoms with E-state index in [1.54, 1.807) is 37.5 Å². The molecule has 12 heteroatoms. The number of hydrogen-bond acceptors (Lipinski definition) is 7. The Morgan fingerprint density at radius 1 is 1.08 bits per heavy atom. The molecule has 4 aromatic rings. The number of hydrogen-bond donors (Lipinski definition) is 1. The summed E-state index contributed by atoms with van der Waals surface area (Å²) in [6, 6.07) is 8.27. The van der Waals surface area contributed by atoms with Crippen LogP contribution in [0.15, 0.2) is 61.3 Å². The fourth-order valence-corrected chi connectivity index (χ4v) is 4.38. The molecule has 0 unspecified atom stereocenters. The van der Waals surface area contributed by atoms with E-state index in [0.717, 1.165) is 29.0 Å². The highest BCUT2D eigenvalue weighted by atomic mass is 35.5. The number of carbonyl (C=O) groups is 2. The topological polar surface area (TPSA) is 97.7 Å². The number of aromatic nitrogens is 4. The molecule has 184 valence electrons. The maximum atomic E-state index is 13.1. The second-order valence-electron chi connectivity index (χ2n) is 7.76. The van der Waals surface area contributed by atoms with Crippen LogP contribution in [0.25, 0.3) is 11.3 Å². The third kappa shape index (κ3) is 5.92. The van der Waals surface area contributed by atoms with Gasteiger partial charge in [-0.15, -0.1) is 11.3 Å². The summed E-state index contributed by atoms with van der Waals surface area (Å²) >= 11 is 6.67. The van der Waals surface area contributed by atoms with Crippen LogP contribution in [0.5, 0.6) is 0 Å². The molecule has 1 aromatic carbocycles. The summed E-state index contributed by atoms with van der Waals surface area (Å²) in [5.41, 5.74) is 0.543. The second-order valence-corrected chi connectivity index (χ2v) is 9.23. The van der Waals surface area contributed by atoms with Gasteiger partial charge in [-0.1, -0.05) is 18.5 Å². The van der Waals surface area contributed by atoms with Crippen molar-refractivity contribution < 1.29 is 22.8 Å². The molecule has 4 rings (SSSR count). The first kappa shape index (κ1) is 25.4. The van der Waals surface area contributed by atoms with E-state index >= 15 is 0 Å². The Kier molecular flexibility index (Phi) is 7.41. The fourth-order valence-electron chi connectivity index (χ4n) is 3.29. The van der Waals surface area contributed by atoms with Crippen molar-refractivity contribution in [2.24, 2.45) is 0 Å². The zero-order chi connectivity index (χ0) is 25.9. The Balaban J connectivity index is 1.43. The molecule has 0 aliphatic carbocycles. The third-order valence-corrected chi connectivity index (χ3v) is 6.68. The van der Waals surface area contributed by atoms with Crippen molar-refractivity contribution in [3.8, 4) is 11.3 Å². The average molecular weight is 532 g/mol. The molecule has 0 saturated carbocycles. The van der Waals surface area contributed by atoms with Gasteiger partial charge in [0.2, 0.25) is 0 Å². The van der Waals surface area contributed by atoms with Gasteiger partial charge in [-0.25, -0.2) is 15.0 Å². The molecule has 0 fully saturated rings. The van der Waals surface area contributed by atoms with Crippen LogP contribution in [0.3, 0.4) is 0 Å². The van der Waals surface area contributed by atoms with Crippen LogP contribution in [0.1, 0.15) is 50.0 Å². The predicted molar refractivity (Wildman–Crippen MR) is 129 cm³/mol. The zero-order valence-electron chi connectivity index (χ0n) is 18.6. The van der Waals surface area contributed by atoms with Crippen molar-refractivity contribution in [2.75, 3.05) is 5.32 Å². The minimum absolute atomic E-state index is 0.0522. The number of nitrogens with one attached hydrogen (secondary N) is 1. The summed E-state index contributed by atoms with van der Waals surface area (Å²) in [4.78, 5) is 42.0. The normalized spacial score (nSPS) is 12.2. The van der Waals surface area contributed by atoms with Gasteiger partial charge in [0.25, 0.3) is 5.91 Å². The minimum Gasteiger partial charge on any atom is -0.321 e. The van der Waals surface area contributed by atoms with Crippen LogP contribution in [0, 0.1) is 0 Å². The number of rotatable bonds is 7. The largest absolute Gasteiger partial charge is 0.417 e. The molecule has 3 heterocycles. The van der Waals surface area contributed by atoms with Gasteiger partial charge in [-0.05, 0) is 36.4 Å². The van der Waals surface area contributed by atoms with E-state index in [9.17, 15) is 22.8 Å². The van der Waals surface area contributed by atoms with Crippen LogP contribution in [0.2, 0.25) is 5.02 Å². The van der Waals surface area contributed by atoms with Gasteiger partial charge in [0.15, 0.2) is 5.78 Å². The first-order chi connectivity index (χ1) is 17.1. The molecule has 1 N–H and O–H groups in total. The summed E-state index contributed by atoms with van der Waals surface area (Å²) in [6.07, 6.45) is 1.33. The Bertz CT molecular complexity index is 1410. The predicted octanol–water partition coefficient (Wildman–Crippen LogP) is 6.30. The van der Waals surface area contributed by atoms with Crippen molar-refractivity contribution in [3.63, 3.8) is 0 Å². The fraction of sp³-hybridized carbons (Fsp3) is 0.167. The van der Waals surface area contributed by atoms with Crippen LogP contribution in [0.4, 0.5) is 18.9 Å². The van der Waals surface area contributed by atoms with Crippen LogP contribution in [-0.2, 0) is 6.18 Å². The van der Waals surface area contributed by atoms with Crippen LogP contribution < -0.4 is 5.32 Å². The summed E-state index contributed by atoms with van der Waals surface area (Å²) < 4.78 is 39.2. The average Bonchev–Trinajstić information content (AvgIpc) is 3.36. The van der Waals surface area contributed by atoms with E-state index < -0.39 is 22.7 Å². The molecule has 3 aromatic heterocycles. The molecule has 1 atom stereocenters. The Morgan fingerprint density at radius 2 is 1.83 bits per heavy atom. The lowest BCUT2D eigenvalue weighted by Crippen LogP contribution is -2.12. The number of pyridine rings is 1. The number of anilines is 1. The summed E-state index contributed by atoms with van der Waals surface area (Å²) in [6.45, 7) is 1.79. The molecular weight excluding hydrogens is 515 g/mol. The molecule has 7 nitrogen and oxygen atoms in total. The Morgan fingerprint density at radius 3 is 2.56 bits per heavy atom. The van der Waals surface area contributed by atoms with E-state index in [1.807, 2.05) is 0 Å². The molecule has 0 spiro atoms. The standard InChI is InChI=1S/C24H17ClF3N5O2S/c1-13(8-20(34)19-10-18(31-12-32-19)14-4-6-29-7-5-14)23-30-11-21(36-23)22(35)33-15-2-3-17(25)16(9-15)24(26,27)28/h2-7,9-13H,8H2,1H3,(H,33,35)/t13-/m1/s1. The van der Waals surface area contributed by atoms with Crippen molar-refractivity contribution in [1.29, 1.82) is 0 Å². The number of amides is 1. The maximum Gasteiger partial charge on any atom is 0.417 e. The highest BCUT2D eigenvalue weighted by Gasteiger charge is 2.33. The monoisotopic (exact) mass is 531 g/mol. The van der Waals surface area contributed by atoms with Crippen LogP contribution >= 0.6 is 22.9 Å². The number of alkyl halides is 3. The van der Waals surface area contributed by atoms with Crippen LogP contribution in [-0.4, -0.2) is 31.6 Å². The van der Waals surface area contributed by atoms with E-state index in [1.165, 1.54) is 18.6 Å². The smallest absolute Gasteiger partial charge is 0.321 e. The summed E-state index contributed by atoms with van der Waals surface area (Å²) in [7, 11) is 0. The summed E-state index contributed by atoms with van der Waals surface area (Å²) in [5.74, 6) is -1.16. The molecule has 0 aliphatic heterocycles. The second kappa shape index (κ2) is 10.5. The van der Waals surface area contributed by atoms with Gasteiger partial charge in [0, 0.05) is 36.0 Å². The number of benzene rings is 1. The Hall–Kier alpha value is -3.70. The molecule has 0 aliphatic rings. The van der Waals surface area contributed by atoms with E-state index in [2.05, 4.69) is 25.3 Å². The number of Topliss-reactive ketones (excluding diaryl/α,β-unsaturated/α-hetero) is 1. The number of halogens is 4. The lowest BCUT2D eigenvalue weighted by molar-refractivity contribution is -0.137. The van der Waals surface area contributed by atoms with Gasteiger partial charge in [-0.2, -0.15) is 13.2 Å². The molecular formula is C24H17ClF3N5O2S. The molecule has 0 radical (unpaired) electrons. The highest BCUT2D eigenvalue weighted by molar-refractivity contribution is 7.13. The lowest BCUT2D eigenvalue weighted by atomic mass is 10.0. The molecule has 36 heavy (non-hydrogen) atoms. The number of ketones is 1. The van der Waals surface area contributed by atoms with E-state index in [4.69, 9.17) is 11.6 Å². The Labute approximate surface area is 212 Å². The van der Waals surface area contributed by atoms with Gasteiger partial charge in [0.05, 0.1) is 27.5 Å². The van der Waals surface area contributed by atoms with Crippen molar-refractivity contribution in [2.45, 2.75) is 25.4 Å². The van der Waals surface area contributed by atoms with E-state index in [-0.39, 0.29) is 34.4 Å². The first-order valence-corrected chi connectivity index (χ1v) is 11.7. The van der Waals surface area contributed by atoms with Gasteiger partial charge < -0.3 is 5.32 Å². The number of nitrogens with zero attached hydrogens (tertiary/aromatic N) is 4. The summed E-state index contributed by atoms with van der Waals surface area (Å²) in [5, 5.41) is 2.49. The SMILES string of the molecule is C[C@H](CC(=O)c1cc(-c2ccncc2)ncn1)c1ncc(C(=O)Nc2ccc(Cl)c(C(F)(F)F)c2)s1. The third-order valence-electron chi connectivity index (χ3n) is 5.12. The quantitative estimate of drug-likeness (QED) is 0.281.